The number of hydrogen-bond donors (Lipinski definition) is 0. The Bertz CT molecular complexity index is 4120. The van der Waals surface area contributed by atoms with Crippen molar-refractivity contribution in [2.24, 2.45) is 0 Å². The Morgan fingerprint density at radius 2 is 0.946 bits per heavy atom. The lowest BCUT2D eigenvalue weighted by Gasteiger charge is -2.18. The lowest BCUT2D eigenvalue weighted by atomic mass is 9.95. The third-order valence-electron chi connectivity index (χ3n) is 13.5. The fraction of sp³-hybridized carbons (Fsp3) is 0. The molecule has 0 radical (unpaired) electrons. The lowest BCUT2D eigenvalue weighted by molar-refractivity contribution is 1.04. The van der Waals surface area contributed by atoms with Gasteiger partial charge in [0.25, 0.3) is 0 Å². The number of nitrogens with zero attached hydrogens (tertiary/aromatic N) is 5. The summed E-state index contributed by atoms with van der Waals surface area (Å²) in [5.41, 5.74) is 15.1. The molecule has 12 rings (SSSR count). The number of hydrogen-bond acceptors (Lipinski definition) is 3. The second kappa shape index (κ2) is 20.0. The Kier molecular flexibility index (Phi) is 12.2. The Hall–Kier alpha value is -9.97. The van der Waals surface area contributed by atoms with Crippen LogP contribution in [0.25, 0.3) is 111 Å². The van der Waals surface area contributed by atoms with E-state index in [1.807, 2.05) is 60.7 Å². The number of benzene rings is 9. The van der Waals surface area contributed by atoms with Crippen LogP contribution >= 0.6 is 0 Å². The molecule has 12 aromatic rings. The van der Waals surface area contributed by atoms with E-state index in [2.05, 4.69) is 222 Å². The third-order valence-corrected chi connectivity index (χ3v) is 13.5. The van der Waals surface area contributed by atoms with E-state index in [1.54, 1.807) is 6.08 Å². The first kappa shape index (κ1) is 45.2. The minimum absolute atomic E-state index is 0.466. The van der Waals surface area contributed by atoms with Crippen molar-refractivity contribution in [1.82, 2.24) is 24.1 Å². The van der Waals surface area contributed by atoms with Crippen molar-refractivity contribution in [2.45, 2.75) is 0 Å². The molecule has 0 unspecified atom stereocenters. The zero-order chi connectivity index (χ0) is 49.8. The first-order valence-electron chi connectivity index (χ1n) is 24.8. The highest BCUT2D eigenvalue weighted by atomic mass is 15.0. The van der Waals surface area contributed by atoms with Gasteiger partial charge in [-0.2, -0.15) is 0 Å². The standard InChI is InChI=1S/C69H49N5/c1-3-4-5-6-22-39-63(74-62-41-26-24-38-59(62)65-64(74)43-42-58-57-37-23-25-40-61(57)73(66(58)65)56-35-20-11-21-36-56)60(51-31-16-9-17-32-51)44-48(2)67-70-68(52-33-18-10-19-34-52)72-69(71-67)55-46-53(49-27-12-7-13-28-49)45-54(47-55)50-29-14-8-15-30-50/h3-47H,1-2H2/b5-4-,22-6+,60-44-,63-39-. The highest BCUT2D eigenvalue weighted by molar-refractivity contribution is 6.27. The fourth-order valence-electron chi connectivity index (χ4n) is 10.1. The van der Waals surface area contributed by atoms with Crippen LogP contribution in [0.4, 0.5) is 0 Å². The van der Waals surface area contributed by atoms with Crippen LogP contribution in [0, 0.1) is 0 Å². The SMILES string of the molecule is C=C\C=C/C=C/C=C(/C(=C\C(=C)c1nc(-c2ccccc2)nc(-c2cc(-c3ccccc3)cc(-c3ccccc3)c2)n1)c1ccccc1)n1c2ccccc2c2c1ccc1c3ccccc3n(-c3ccccc3)c12. The van der Waals surface area contributed by atoms with E-state index in [-0.39, 0.29) is 0 Å². The van der Waals surface area contributed by atoms with E-state index in [0.29, 0.717) is 23.0 Å². The second-order valence-corrected chi connectivity index (χ2v) is 18.1. The molecule has 3 heterocycles. The lowest BCUT2D eigenvalue weighted by Crippen LogP contribution is -2.04. The molecule has 350 valence electrons. The average Bonchev–Trinajstić information content (AvgIpc) is 4.03. The molecule has 0 fully saturated rings. The summed E-state index contributed by atoms with van der Waals surface area (Å²) in [6, 6.07) is 80.8. The molecule has 0 saturated heterocycles. The van der Waals surface area contributed by atoms with Gasteiger partial charge in [-0.15, -0.1) is 0 Å². The van der Waals surface area contributed by atoms with Gasteiger partial charge in [-0.25, -0.2) is 15.0 Å². The molecule has 0 amide bonds. The molecule has 0 bridgehead atoms. The van der Waals surface area contributed by atoms with Crippen LogP contribution in [-0.2, 0) is 0 Å². The molecule has 0 saturated carbocycles. The normalized spacial score (nSPS) is 12.2. The number of aromatic nitrogens is 5. The van der Waals surface area contributed by atoms with Crippen molar-refractivity contribution in [2.75, 3.05) is 0 Å². The zero-order valence-corrected chi connectivity index (χ0v) is 40.6. The zero-order valence-electron chi connectivity index (χ0n) is 40.6. The Labute approximate surface area is 430 Å². The third kappa shape index (κ3) is 8.59. The molecule has 0 aliphatic rings. The summed E-state index contributed by atoms with van der Waals surface area (Å²) in [7, 11) is 0. The Morgan fingerprint density at radius 1 is 0.419 bits per heavy atom. The first-order chi connectivity index (χ1) is 36.6. The van der Waals surface area contributed by atoms with Gasteiger partial charge < -0.3 is 9.13 Å². The van der Waals surface area contributed by atoms with Gasteiger partial charge in [-0.3, -0.25) is 0 Å². The van der Waals surface area contributed by atoms with Gasteiger partial charge in [0.05, 0.1) is 27.8 Å². The minimum atomic E-state index is 0.466. The van der Waals surface area contributed by atoms with Crippen molar-refractivity contribution >= 4 is 60.5 Å². The predicted octanol–water partition coefficient (Wildman–Crippen LogP) is 17.7. The fourth-order valence-corrected chi connectivity index (χ4v) is 10.1. The summed E-state index contributed by atoms with van der Waals surface area (Å²) in [4.78, 5) is 15.8. The van der Waals surface area contributed by atoms with Gasteiger partial charge in [0.2, 0.25) is 0 Å². The summed E-state index contributed by atoms with van der Waals surface area (Å²) in [5, 5.41) is 4.70. The van der Waals surface area contributed by atoms with E-state index in [0.717, 1.165) is 88.7 Å². The maximum atomic E-state index is 5.33. The van der Waals surface area contributed by atoms with E-state index < -0.39 is 0 Å². The highest BCUT2D eigenvalue weighted by Crippen LogP contribution is 2.44. The van der Waals surface area contributed by atoms with Gasteiger partial charge in [-0.05, 0) is 88.5 Å². The first-order valence-corrected chi connectivity index (χ1v) is 24.8. The smallest absolute Gasteiger partial charge is 0.164 e. The molecule has 0 spiro atoms. The van der Waals surface area contributed by atoms with E-state index in [1.165, 1.54) is 10.8 Å². The van der Waals surface area contributed by atoms with Gasteiger partial charge in [0.15, 0.2) is 17.5 Å². The molecular weight excluding hydrogens is 899 g/mol. The topological polar surface area (TPSA) is 48.5 Å². The van der Waals surface area contributed by atoms with Crippen molar-refractivity contribution in [3.8, 4) is 50.7 Å². The summed E-state index contributed by atoms with van der Waals surface area (Å²) < 4.78 is 4.82. The molecule has 0 aliphatic carbocycles. The molecular formula is C69H49N5. The van der Waals surface area contributed by atoms with E-state index >= 15 is 0 Å². The summed E-state index contributed by atoms with van der Waals surface area (Å²) in [5.74, 6) is 1.57. The van der Waals surface area contributed by atoms with Crippen molar-refractivity contribution < 1.29 is 0 Å². The van der Waals surface area contributed by atoms with Crippen LogP contribution in [0.15, 0.2) is 286 Å². The van der Waals surface area contributed by atoms with Crippen molar-refractivity contribution in [3.05, 3.63) is 298 Å². The van der Waals surface area contributed by atoms with Gasteiger partial charge in [0.1, 0.15) is 0 Å². The quantitative estimate of drug-likeness (QED) is 0.108. The molecule has 0 N–H and O–H groups in total. The van der Waals surface area contributed by atoms with Gasteiger partial charge in [-0.1, -0.05) is 226 Å². The van der Waals surface area contributed by atoms with Gasteiger partial charge >= 0.3 is 0 Å². The summed E-state index contributed by atoms with van der Waals surface area (Å²) >= 11 is 0. The maximum absolute atomic E-state index is 5.33. The van der Waals surface area contributed by atoms with E-state index in [4.69, 9.17) is 21.5 Å². The molecule has 3 aromatic heterocycles. The molecule has 9 aromatic carbocycles. The molecule has 5 heteroatoms. The monoisotopic (exact) mass is 947 g/mol. The Balaban J connectivity index is 1.10. The van der Waals surface area contributed by atoms with E-state index in [9.17, 15) is 0 Å². The Morgan fingerprint density at radius 3 is 1.59 bits per heavy atom. The number of fused-ring (bicyclic) bond motifs is 7. The van der Waals surface area contributed by atoms with Crippen LogP contribution in [0.5, 0.6) is 0 Å². The molecule has 74 heavy (non-hydrogen) atoms. The number of para-hydroxylation sites is 3. The number of allylic oxidation sites excluding steroid dienone is 10. The van der Waals surface area contributed by atoms with Crippen molar-refractivity contribution in [3.63, 3.8) is 0 Å². The van der Waals surface area contributed by atoms with Gasteiger partial charge in [0, 0.05) is 49.5 Å². The average molecular weight is 948 g/mol. The highest BCUT2D eigenvalue weighted by Gasteiger charge is 2.24. The summed E-state index contributed by atoms with van der Waals surface area (Å²) in [6.45, 7) is 8.71. The van der Waals surface area contributed by atoms with Crippen LogP contribution in [0.1, 0.15) is 11.4 Å². The minimum Gasteiger partial charge on any atom is -0.309 e. The molecule has 0 aliphatic heterocycles. The van der Waals surface area contributed by atoms with Crippen LogP contribution in [-0.4, -0.2) is 24.1 Å². The summed E-state index contributed by atoms with van der Waals surface area (Å²) in [6.07, 6.45) is 14.2. The second-order valence-electron chi connectivity index (χ2n) is 18.1. The van der Waals surface area contributed by atoms with Crippen molar-refractivity contribution in [1.29, 1.82) is 0 Å². The number of rotatable bonds is 13. The predicted molar refractivity (Wildman–Crippen MR) is 312 cm³/mol. The van der Waals surface area contributed by atoms with Crippen LogP contribution in [0.3, 0.4) is 0 Å². The van der Waals surface area contributed by atoms with Crippen LogP contribution < -0.4 is 0 Å². The molecule has 0 atom stereocenters. The van der Waals surface area contributed by atoms with Crippen LogP contribution in [0.2, 0.25) is 0 Å². The molecule has 5 nitrogen and oxygen atoms in total. The maximum Gasteiger partial charge on any atom is 0.164 e. The largest absolute Gasteiger partial charge is 0.309 e.